The third kappa shape index (κ3) is 3.09. The van der Waals surface area contributed by atoms with E-state index in [-0.39, 0.29) is 0 Å². The maximum Gasteiger partial charge on any atom is 0.247 e. The molecule has 2 saturated heterocycles. The lowest BCUT2D eigenvalue weighted by atomic mass is 9.81. The zero-order valence-electron chi connectivity index (χ0n) is 18.0. The van der Waals surface area contributed by atoms with E-state index in [4.69, 9.17) is 0 Å². The minimum atomic E-state index is -1.26. The number of anilines is 2. The lowest BCUT2D eigenvalue weighted by Gasteiger charge is -2.46. The smallest absolute Gasteiger partial charge is 0.247 e. The average Bonchev–Trinajstić information content (AvgIpc) is 3.20. The molecule has 1 saturated carbocycles. The maximum atomic E-state index is 13.1. The number of hydrogen-bond donors (Lipinski definition) is 2. The Morgan fingerprint density at radius 2 is 1.81 bits per heavy atom. The van der Waals surface area contributed by atoms with Crippen molar-refractivity contribution in [1.82, 2.24) is 24.4 Å². The van der Waals surface area contributed by atoms with Crippen molar-refractivity contribution in [3.8, 4) is 0 Å². The summed E-state index contributed by atoms with van der Waals surface area (Å²) in [5.41, 5.74) is 7.45. The van der Waals surface area contributed by atoms with Gasteiger partial charge in [0.25, 0.3) is 0 Å². The fourth-order valence-electron chi connectivity index (χ4n) is 6.38. The summed E-state index contributed by atoms with van der Waals surface area (Å²) in [6, 6.07) is 3.27. The molecule has 3 aliphatic carbocycles. The molecule has 5 aliphatic rings. The molecule has 7 nitrogen and oxygen atoms in total. The van der Waals surface area contributed by atoms with E-state index in [1.807, 2.05) is 0 Å². The van der Waals surface area contributed by atoms with Crippen molar-refractivity contribution in [3.05, 3.63) is 28.3 Å². The first-order valence-corrected chi connectivity index (χ1v) is 13.0. The van der Waals surface area contributed by atoms with Crippen molar-refractivity contribution in [2.45, 2.75) is 69.0 Å². The number of H-pyrrole nitrogens is 1. The van der Waals surface area contributed by atoms with Crippen LogP contribution in [0.4, 0.5) is 11.6 Å². The summed E-state index contributed by atoms with van der Waals surface area (Å²) in [6.07, 6.45) is 11.0. The molecule has 8 heteroatoms. The van der Waals surface area contributed by atoms with E-state index in [2.05, 4.69) is 35.8 Å². The van der Waals surface area contributed by atoms with Gasteiger partial charge < -0.3 is 5.32 Å². The lowest BCUT2D eigenvalue weighted by Crippen LogP contribution is -2.57. The number of rotatable bonds is 5. The summed E-state index contributed by atoms with van der Waals surface area (Å²) in [4.78, 5) is 7.24. The highest BCUT2D eigenvalue weighted by Crippen LogP contribution is 2.44. The van der Waals surface area contributed by atoms with Gasteiger partial charge in [0.15, 0.2) is 11.0 Å². The molecule has 0 amide bonds. The van der Waals surface area contributed by atoms with E-state index >= 15 is 0 Å². The van der Waals surface area contributed by atoms with Gasteiger partial charge in [0.1, 0.15) is 0 Å². The Labute approximate surface area is 185 Å². The highest BCUT2D eigenvalue weighted by atomic mass is 32.2. The molecule has 1 unspecified atom stereocenters. The van der Waals surface area contributed by atoms with Crippen LogP contribution < -0.4 is 5.32 Å². The molecule has 1 aromatic carbocycles. The molecule has 7 rings (SSSR count). The van der Waals surface area contributed by atoms with Crippen LogP contribution in [0.3, 0.4) is 0 Å². The largest absolute Gasteiger partial charge is 0.322 e. The fraction of sp³-hybridized carbons (Fsp3) is 0.652. The number of aryl methyl sites for hydroxylation is 2. The SMILES string of the molecule is O=S(c1nc(Nc2c3c(cc4c2CCC4)CCC3)n[nH]1)N1CC2(CCN(C3CC3)C2)C1. The second kappa shape index (κ2) is 6.86. The highest BCUT2D eigenvalue weighted by Gasteiger charge is 2.52. The van der Waals surface area contributed by atoms with Gasteiger partial charge in [-0.25, -0.2) is 13.6 Å². The van der Waals surface area contributed by atoms with E-state index in [9.17, 15) is 4.21 Å². The van der Waals surface area contributed by atoms with Crippen LogP contribution in [0, 0.1) is 5.41 Å². The highest BCUT2D eigenvalue weighted by molar-refractivity contribution is 7.82. The van der Waals surface area contributed by atoms with E-state index < -0.39 is 11.0 Å². The Hall–Kier alpha value is -1.77. The molecular formula is C23H30N6OS. The molecule has 1 aromatic heterocycles. The molecule has 1 atom stereocenters. The molecule has 0 bridgehead atoms. The molecule has 3 heterocycles. The Balaban J connectivity index is 1.06. The standard InChI is InChI=1S/C23H30N6OS/c30-31(29-13-23(14-29)9-10-28(12-23)17-7-8-17)22-25-21(26-27-22)24-20-18-5-1-3-15(18)11-16-4-2-6-19(16)20/h11,17H,1-10,12-14H2,(H2,24,25,26,27). The summed E-state index contributed by atoms with van der Waals surface area (Å²) in [7, 11) is -1.26. The number of aromatic amines is 1. The quantitative estimate of drug-likeness (QED) is 0.751. The van der Waals surface area contributed by atoms with Crippen LogP contribution in [0.2, 0.25) is 0 Å². The lowest BCUT2D eigenvalue weighted by molar-refractivity contribution is 0.0814. The van der Waals surface area contributed by atoms with Gasteiger partial charge >= 0.3 is 0 Å². The number of aromatic nitrogens is 3. The second-order valence-corrected chi connectivity index (χ2v) is 11.7. The molecule has 1 spiro atoms. The van der Waals surface area contributed by atoms with Crippen LogP contribution in [0.15, 0.2) is 11.2 Å². The second-order valence-electron chi connectivity index (χ2n) is 10.3. The maximum absolute atomic E-state index is 13.1. The van der Waals surface area contributed by atoms with Gasteiger partial charge in [-0.1, -0.05) is 6.07 Å². The average molecular weight is 439 g/mol. The number of fused-ring (bicyclic) bond motifs is 2. The van der Waals surface area contributed by atoms with Crippen molar-refractivity contribution < 1.29 is 4.21 Å². The van der Waals surface area contributed by atoms with Gasteiger partial charge in [-0.15, -0.1) is 5.10 Å². The van der Waals surface area contributed by atoms with Crippen molar-refractivity contribution >= 4 is 22.6 Å². The number of hydrogen-bond acceptors (Lipinski definition) is 5. The van der Waals surface area contributed by atoms with Gasteiger partial charge in [-0.2, -0.15) is 4.98 Å². The number of nitrogens with zero attached hydrogens (tertiary/aromatic N) is 4. The van der Waals surface area contributed by atoms with Gasteiger partial charge in [-0.3, -0.25) is 4.90 Å². The molecule has 2 aromatic rings. The van der Waals surface area contributed by atoms with Gasteiger partial charge in [0, 0.05) is 36.8 Å². The molecule has 31 heavy (non-hydrogen) atoms. The Morgan fingerprint density at radius 3 is 2.52 bits per heavy atom. The van der Waals surface area contributed by atoms with Crippen LogP contribution in [0.25, 0.3) is 0 Å². The first-order valence-electron chi connectivity index (χ1n) is 11.9. The van der Waals surface area contributed by atoms with Gasteiger partial charge in [0.2, 0.25) is 11.1 Å². The number of nitrogens with one attached hydrogen (secondary N) is 2. The summed E-state index contributed by atoms with van der Waals surface area (Å²) < 4.78 is 15.2. The van der Waals surface area contributed by atoms with E-state index in [0.717, 1.165) is 32.0 Å². The predicted molar refractivity (Wildman–Crippen MR) is 120 cm³/mol. The van der Waals surface area contributed by atoms with Crippen LogP contribution >= 0.6 is 0 Å². The molecule has 2 aliphatic heterocycles. The minimum absolute atomic E-state index is 0.352. The molecular weight excluding hydrogens is 408 g/mol. The fourth-order valence-corrected chi connectivity index (χ4v) is 7.70. The normalized spacial score (nSPS) is 25.5. The zero-order chi connectivity index (χ0) is 20.6. The molecule has 164 valence electrons. The van der Waals surface area contributed by atoms with E-state index in [1.54, 1.807) is 0 Å². The first-order chi connectivity index (χ1) is 15.2. The van der Waals surface area contributed by atoms with Crippen molar-refractivity contribution in [3.63, 3.8) is 0 Å². The Bertz CT molecular complexity index is 1040. The van der Waals surface area contributed by atoms with Crippen molar-refractivity contribution in [2.24, 2.45) is 5.41 Å². The van der Waals surface area contributed by atoms with Crippen molar-refractivity contribution in [2.75, 3.05) is 31.5 Å². The Morgan fingerprint density at radius 1 is 1.06 bits per heavy atom. The third-order valence-electron chi connectivity index (χ3n) is 8.13. The topological polar surface area (TPSA) is 77.1 Å². The van der Waals surface area contributed by atoms with Crippen LogP contribution in [-0.2, 0) is 36.7 Å². The monoisotopic (exact) mass is 438 g/mol. The molecule has 3 fully saturated rings. The van der Waals surface area contributed by atoms with Crippen molar-refractivity contribution in [1.29, 1.82) is 0 Å². The number of likely N-dealkylation sites (tertiary alicyclic amines) is 1. The zero-order valence-corrected chi connectivity index (χ0v) is 18.8. The van der Waals surface area contributed by atoms with Gasteiger partial charge in [0.05, 0.1) is 0 Å². The Kier molecular flexibility index (Phi) is 4.15. The third-order valence-corrected chi connectivity index (χ3v) is 9.37. The van der Waals surface area contributed by atoms with E-state index in [1.165, 1.54) is 86.0 Å². The predicted octanol–water partition coefficient (Wildman–Crippen LogP) is 2.72. The molecule has 2 N–H and O–H groups in total. The van der Waals surface area contributed by atoms with E-state index in [0.29, 0.717) is 16.5 Å². The minimum Gasteiger partial charge on any atom is -0.322 e. The summed E-state index contributed by atoms with van der Waals surface area (Å²) in [5, 5.41) is 11.3. The number of benzene rings is 1. The van der Waals surface area contributed by atoms with Crippen LogP contribution in [0.1, 0.15) is 54.4 Å². The van der Waals surface area contributed by atoms with Crippen LogP contribution in [-0.4, -0.2) is 60.8 Å². The van der Waals surface area contributed by atoms with Gasteiger partial charge in [-0.05, 0) is 86.6 Å². The van der Waals surface area contributed by atoms with Crippen LogP contribution in [0.5, 0.6) is 0 Å². The summed E-state index contributed by atoms with van der Waals surface area (Å²) in [5.74, 6) is 0.550. The first kappa shape index (κ1) is 18.8. The summed E-state index contributed by atoms with van der Waals surface area (Å²) >= 11 is 0. The summed E-state index contributed by atoms with van der Waals surface area (Å²) in [6.45, 7) is 4.21. The molecule has 0 radical (unpaired) electrons.